The molecule has 0 aliphatic carbocycles. The van der Waals surface area contributed by atoms with E-state index in [1.165, 1.54) is 5.69 Å². The fourth-order valence-electron chi connectivity index (χ4n) is 1.79. The molecule has 0 unspecified atom stereocenters. The number of thioether (sulfide) groups is 1. The van der Waals surface area contributed by atoms with Crippen LogP contribution in [0.4, 0.5) is 5.69 Å². The highest BCUT2D eigenvalue weighted by Gasteiger charge is 2.03. The van der Waals surface area contributed by atoms with Crippen LogP contribution in [0.15, 0.2) is 30.3 Å². The largest absolute Gasteiger partial charge is 0.372 e. The van der Waals surface area contributed by atoms with Crippen molar-refractivity contribution in [2.75, 3.05) is 36.5 Å². The number of nitrogens with one attached hydrogen (secondary N) is 1. The Morgan fingerprint density at radius 2 is 2.06 bits per heavy atom. The molecule has 0 aliphatic heterocycles. The lowest BCUT2D eigenvalue weighted by Gasteiger charge is -2.23. The number of carbonyl (C=O) groups is 1. The molecule has 4 heteroatoms. The van der Waals surface area contributed by atoms with Crippen molar-refractivity contribution in [1.82, 2.24) is 5.32 Å². The van der Waals surface area contributed by atoms with Gasteiger partial charge in [0, 0.05) is 25.3 Å². The molecule has 0 saturated heterocycles. The van der Waals surface area contributed by atoms with E-state index in [9.17, 15) is 4.79 Å². The zero-order valence-electron chi connectivity index (χ0n) is 11.2. The van der Waals surface area contributed by atoms with Gasteiger partial charge in [-0.2, -0.15) is 11.8 Å². The van der Waals surface area contributed by atoms with E-state index >= 15 is 0 Å². The molecule has 1 aromatic carbocycles. The minimum absolute atomic E-state index is 0.130. The Labute approximate surface area is 114 Å². The number of amides is 1. The van der Waals surface area contributed by atoms with Crippen molar-refractivity contribution in [3.63, 3.8) is 0 Å². The molecule has 1 amide bonds. The van der Waals surface area contributed by atoms with E-state index in [0.29, 0.717) is 5.75 Å². The molecule has 3 nitrogen and oxygen atoms in total. The maximum Gasteiger partial charge on any atom is 0.229 e. The molecule has 0 radical (unpaired) electrons. The van der Waals surface area contributed by atoms with E-state index in [-0.39, 0.29) is 5.91 Å². The van der Waals surface area contributed by atoms with Crippen LogP contribution in [-0.2, 0) is 4.79 Å². The van der Waals surface area contributed by atoms with Gasteiger partial charge in [-0.1, -0.05) is 18.2 Å². The quantitative estimate of drug-likeness (QED) is 0.733. The second kappa shape index (κ2) is 8.86. The van der Waals surface area contributed by atoms with Crippen LogP contribution in [0, 0.1) is 0 Å². The molecular formula is C14H22N2OS. The van der Waals surface area contributed by atoms with E-state index in [0.717, 1.165) is 26.1 Å². The molecule has 0 saturated carbocycles. The highest BCUT2D eigenvalue weighted by atomic mass is 32.2. The van der Waals surface area contributed by atoms with E-state index in [2.05, 4.69) is 41.4 Å². The number of hydrogen-bond donors (Lipinski definition) is 1. The summed E-state index contributed by atoms with van der Waals surface area (Å²) in [5, 5.41) is 2.93. The maximum atomic E-state index is 11.3. The Morgan fingerprint density at radius 3 is 2.67 bits per heavy atom. The molecule has 1 rings (SSSR count). The van der Waals surface area contributed by atoms with Crippen LogP contribution in [0.3, 0.4) is 0 Å². The summed E-state index contributed by atoms with van der Waals surface area (Å²) in [5.41, 5.74) is 1.25. The lowest BCUT2D eigenvalue weighted by Crippen LogP contribution is -2.30. The average molecular weight is 266 g/mol. The fourth-order valence-corrected chi connectivity index (χ4v) is 2.15. The molecule has 100 valence electrons. The topological polar surface area (TPSA) is 32.3 Å². The first-order valence-corrected chi connectivity index (χ1v) is 7.73. The van der Waals surface area contributed by atoms with Gasteiger partial charge in [-0.25, -0.2) is 0 Å². The lowest BCUT2D eigenvalue weighted by molar-refractivity contribution is -0.118. The standard InChI is InChI=1S/C14H22N2OS/c1-3-16(13-8-5-4-6-9-13)11-7-10-15-14(17)12-18-2/h4-6,8-9H,3,7,10-12H2,1-2H3,(H,15,17). The first-order valence-electron chi connectivity index (χ1n) is 6.33. The Balaban J connectivity index is 2.26. The molecule has 1 aromatic rings. The summed E-state index contributed by atoms with van der Waals surface area (Å²) in [6.45, 7) is 4.87. The average Bonchev–Trinajstić information content (AvgIpc) is 2.40. The number of nitrogens with zero attached hydrogens (tertiary/aromatic N) is 1. The second-order valence-corrected chi connectivity index (χ2v) is 4.92. The summed E-state index contributed by atoms with van der Waals surface area (Å²) in [6, 6.07) is 10.4. The number of anilines is 1. The van der Waals surface area contributed by atoms with Crippen molar-refractivity contribution in [2.45, 2.75) is 13.3 Å². The third-order valence-corrected chi connectivity index (χ3v) is 3.26. The smallest absolute Gasteiger partial charge is 0.229 e. The Hall–Kier alpha value is -1.16. The second-order valence-electron chi connectivity index (χ2n) is 4.05. The molecule has 0 heterocycles. The van der Waals surface area contributed by atoms with E-state index in [1.54, 1.807) is 11.8 Å². The van der Waals surface area contributed by atoms with Crippen LogP contribution >= 0.6 is 11.8 Å². The van der Waals surface area contributed by atoms with Gasteiger partial charge in [-0.3, -0.25) is 4.79 Å². The van der Waals surface area contributed by atoms with Gasteiger partial charge < -0.3 is 10.2 Å². The Morgan fingerprint density at radius 1 is 1.33 bits per heavy atom. The van der Waals surface area contributed by atoms with Crippen LogP contribution in [0.5, 0.6) is 0 Å². The lowest BCUT2D eigenvalue weighted by atomic mass is 10.2. The van der Waals surface area contributed by atoms with E-state index < -0.39 is 0 Å². The van der Waals surface area contributed by atoms with Crippen molar-refractivity contribution in [1.29, 1.82) is 0 Å². The highest BCUT2D eigenvalue weighted by molar-refractivity contribution is 7.99. The molecule has 0 aliphatic rings. The zero-order valence-corrected chi connectivity index (χ0v) is 12.0. The summed E-state index contributed by atoms with van der Waals surface area (Å²) in [4.78, 5) is 13.6. The Bertz CT molecular complexity index is 343. The van der Waals surface area contributed by atoms with Crippen LogP contribution in [0.25, 0.3) is 0 Å². The minimum atomic E-state index is 0.130. The number of rotatable bonds is 8. The first-order chi connectivity index (χ1) is 8.77. The van der Waals surface area contributed by atoms with Gasteiger partial charge in [0.25, 0.3) is 0 Å². The molecule has 1 N–H and O–H groups in total. The summed E-state index contributed by atoms with van der Waals surface area (Å²) in [7, 11) is 0. The molecule has 0 fully saturated rings. The number of hydrogen-bond acceptors (Lipinski definition) is 3. The van der Waals surface area contributed by atoms with Crippen LogP contribution < -0.4 is 10.2 Å². The number of para-hydroxylation sites is 1. The molecular weight excluding hydrogens is 244 g/mol. The SMILES string of the molecule is CCN(CCCNC(=O)CSC)c1ccccc1. The Kier molecular flexibility index (Phi) is 7.34. The highest BCUT2D eigenvalue weighted by Crippen LogP contribution is 2.12. The van der Waals surface area contributed by atoms with Gasteiger partial charge in [-0.05, 0) is 31.7 Å². The van der Waals surface area contributed by atoms with Crippen molar-refractivity contribution >= 4 is 23.4 Å². The first kappa shape index (κ1) is 14.9. The maximum absolute atomic E-state index is 11.3. The molecule has 0 spiro atoms. The summed E-state index contributed by atoms with van der Waals surface area (Å²) in [6.07, 6.45) is 2.91. The van der Waals surface area contributed by atoms with Crippen LogP contribution in [0.2, 0.25) is 0 Å². The monoisotopic (exact) mass is 266 g/mol. The van der Waals surface area contributed by atoms with Gasteiger partial charge in [0.1, 0.15) is 0 Å². The summed E-state index contributed by atoms with van der Waals surface area (Å²) in [5.74, 6) is 0.682. The molecule has 0 atom stereocenters. The van der Waals surface area contributed by atoms with Crippen molar-refractivity contribution in [3.8, 4) is 0 Å². The van der Waals surface area contributed by atoms with Crippen molar-refractivity contribution < 1.29 is 4.79 Å². The van der Waals surface area contributed by atoms with E-state index in [1.807, 2.05) is 12.3 Å². The van der Waals surface area contributed by atoms with Gasteiger partial charge in [0.15, 0.2) is 0 Å². The van der Waals surface area contributed by atoms with Gasteiger partial charge in [0.2, 0.25) is 5.91 Å². The van der Waals surface area contributed by atoms with Crippen LogP contribution in [0.1, 0.15) is 13.3 Å². The normalized spacial score (nSPS) is 10.1. The molecule has 0 bridgehead atoms. The third-order valence-electron chi connectivity index (χ3n) is 2.71. The van der Waals surface area contributed by atoms with Crippen molar-refractivity contribution in [2.24, 2.45) is 0 Å². The molecule has 0 aromatic heterocycles. The number of benzene rings is 1. The summed E-state index contributed by atoms with van der Waals surface area (Å²) >= 11 is 1.55. The number of carbonyl (C=O) groups excluding carboxylic acids is 1. The predicted molar refractivity (Wildman–Crippen MR) is 80.3 cm³/mol. The van der Waals surface area contributed by atoms with Crippen molar-refractivity contribution in [3.05, 3.63) is 30.3 Å². The van der Waals surface area contributed by atoms with Crippen LogP contribution in [-0.4, -0.2) is 37.6 Å². The zero-order chi connectivity index (χ0) is 13.2. The minimum Gasteiger partial charge on any atom is -0.372 e. The van der Waals surface area contributed by atoms with E-state index in [4.69, 9.17) is 0 Å². The predicted octanol–water partition coefficient (Wildman–Crippen LogP) is 2.38. The van der Waals surface area contributed by atoms with Gasteiger partial charge in [0.05, 0.1) is 5.75 Å². The van der Waals surface area contributed by atoms with Gasteiger partial charge >= 0.3 is 0 Å². The molecule has 18 heavy (non-hydrogen) atoms. The fraction of sp³-hybridized carbons (Fsp3) is 0.500. The van der Waals surface area contributed by atoms with Gasteiger partial charge in [-0.15, -0.1) is 0 Å². The summed E-state index contributed by atoms with van der Waals surface area (Å²) < 4.78 is 0. The third kappa shape index (κ3) is 5.45.